The first kappa shape index (κ1) is 14.7. The molecular formula is C16H24N4. The lowest BCUT2D eigenvalue weighted by atomic mass is 10.2. The van der Waals surface area contributed by atoms with Gasteiger partial charge in [0.05, 0.1) is 11.4 Å². The van der Waals surface area contributed by atoms with Gasteiger partial charge in [0, 0.05) is 29.7 Å². The molecule has 0 saturated heterocycles. The fourth-order valence-corrected chi connectivity index (χ4v) is 2.28. The molecule has 0 bridgehead atoms. The Labute approximate surface area is 121 Å². The van der Waals surface area contributed by atoms with Crippen molar-refractivity contribution in [2.24, 2.45) is 5.92 Å². The highest BCUT2D eigenvalue weighted by Gasteiger charge is 2.10. The van der Waals surface area contributed by atoms with Crippen LogP contribution in [0.4, 0.5) is 0 Å². The number of pyridine rings is 1. The lowest BCUT2D eigenvalue weighted by Crippen LogP contribution is -2.20. The van der Waals surface area contributed by atoms with Crippen LogP contribution < -0.4 is 5.32 Å². The third-order valence-corrected chi connectivity index (χ3v) is 3.20. The van der Waals surface area contributed by atoms with E-state index in [1.807, 2.05) is 24.7 Å². The van der Waals surface area contributed by atoms with Crippen molar-refractivity contribution in [2.45, 2.75) is 41.2 Å². The summed E-state index contributed by atoms with van der Waals surface area (Å²) in [4.78, 5) is 4.42. The smallest absolute Gasteiger partial charge is 0.0727 e. The van der Waals surface area contributed by atoms with Gasteiger partial charge in [0.15, 0.2) is 0 Å². The largest absolute Gasteiger partial charge is 0.312 e. The Balaban J connectivity index is 2.31. The average Bonchev–Trinajstić information content (AvgIpc) is 2.70. The van der Waals surface area contributed by atoms with E-state index in [9.17, 15) is 0 Å². The first-order chi connectivity index (χ1) is 9.47. The molecule has 2 aromatic heterocycles. The van der Waals surface area contributed by atoms with E-state index in [2.05, 4.69) is 48.3 Å². The Morgan fingerprint density at radius 3 is 2.50 bits per heavy atom. The maximum absolute atomic E-state index is 4.59. The van der Waals surface area contributed by atoms with Gasteiger partial charge in [-0.1, -0.05) is 13.8 Å². The Bertz CT molecular complexity index is 584. The number of nitrogens with one attached hydrogen (secondary N) is 1. The molecule has 2 aromatic rings. The average molecular weight is 272 g/mol. The van der Waals surface area contributed by atoms with E-state index in [0.29, 0.717) is 5.92 Å². The molecule has 0 atom stereocenters. The Morgan fingerprint density at radius 1 is 1.15 bits per heavy atom. The van der Waals surface area contributed by atoms with Crippen LogP contribution in [0.2, 0.25) is 0 Å². The highest BCUT2D eigenvalue weighted by molar-refractivity contribution is 5.41. The summed E-state index contributed by atoms with van der Waals surface area (Å²) in [6.07, 6.45) is 1.95. The minimum absolute atomic E-state index is 0.644. The summed E-state index contributed by atoms with van der Waals surface area (Å²) in [6, 6.07) is 4.20. The van der Waals surface area contributed by atoms with Crippen LogP contribution in [0, 0.1) is 26.7 Å². The van der Waals surface area contributed by atoms with Crippen LogP contribution in [0.5, 0.6) is 0 Å². The van der Waals surface area contributed by atoms with Crippen LogP contribution >= 0.6 is 0 Å². The van der Waals surface area contributed by atoms with E-state index >= 15 is 0 Å². The Kier molecular flexibility index (Phi) is 4.55. The van der Waals surface area contributed by atoms with Crippen molar-refractivity contribution >= 4 is 0 Å². The highest BCUT2D eigenvalue weighted by Crippen LogP contribution is 2.17. The van der Waals surface area contributed by atoms with Crippen molar-refractivity contribution in [1.82, 2.24) is 20.1 Å². The predicted octanol–water partition coefficient (Wildman–Crippen LogP) is 2.94. The summed E-state index contributed by atoms with van der Waals surface area (Å²) in [5.74, 6) is 0.644. The molecule has 2 heterocycles. The number of rotatable bonds is 5. The van der Waals surface area contributed by atoms with E-state index in [4.69, 9.17) is 0 Å². The molecule has 0 unspecified atom stereocenters. The van der Waals surface area contributed by atoms with Gasteiger partial charge in [-0.15, -0.1) is 0 Å². The summed E-state index contributed by atoms with van der Waals surface area (Å²) in [7, 11) is 0. The van der Waals surface area contributed by atoms with Crippen LogP contribution in [0.15, 0.2) is 18.3 Å². The number of aryl methyl sites for hydroxylation is 3. The summed E-state index contributed by atoms with van der Waals surface area (Å²) in [5, 5.41) is 8.06. The van der Waals surface area contributed by atoms with Gasteiger partial charge in [0.1, 0.15) is 0 Å². The standard InChI is InChI=1S/C16H24N4/c1-11(2)8-17-9-15-10-18-12(3)7-16(15)20-14(5)6-13(4)19-20/h6-7,10-11,17H,8-9H2,1-5H3. The number of nitrogens with zero attached hydrogens (tertiary/aromatic N) is 3. The number of hydrogen-bond acceptors (Lipinski definition) is 3. The Hall–Kier alpha value is -1.68. The molecular weight excluding hydrogens is 248 g/mol. The molecule has 2 rings (SSSR count). The van der Waals surface area contributed by atoms with Gasteiger partial charge in [-0.3, -0.25) is 4.98 Å². The minimum atomic E-state index is 0.644. The monoisotopic (exact) mass is 272 g/mol. The minimum Gasteiger partial charge on any atom is -0.312 e. The molecule has 0 aliphatic heterocycles. The fourth-order valence-electron chi connectivity index (χ4n) is 2.28. The molecule has 0 radical (unpaired) electrons. The SMILES string of the molecule is Cc1cc(-n2nc(C)cc2C)c(CNCC(C)C)cn1. The maximum atomic E-state index is 4.59. The topological polar surface area (TPSA) is 42.7 Å². The molecule has 0 aliphatic carbocycles. The first-order valence-electron chi connectivity index (χ1n) is 7.17. The Morgan fingerprint density at radius 2 is 1.90 bits per heavy atom. The summed E-state index contributed by atoms with van der Waals surface area (Å²) in [6.45, 7) is 12.4. The fraction of sp³-hybridized carbons (Fsp3) is 0.500. The third kappa shape index (κ3) is 3.45. The van der Waals surface area contributed by atoms with Gasteiger partial charge >= 0.3 is 0 Å². The first-order valence-corrected chi connectivity index (χ1v) is 7.17. The second kappa shape index (κ2) is 6.18. The lowest BCUT2D eigenvalue weighted by molar-refractivity contribution is 0.550. The zero-order valence-corrected chi connectivity index (χ0v) is 13.1. The normalized spacial score (nSPS) is 11.3. The van der Waals surface area contributed by atoms with Crippen LogP contribution in [0.25, 0.3) is 5.69 Å². The van der Waals surface area contributed by atoms with Crippen LogP contribution in [-0.2, 0) is 6.54 Å². The summed E-state index contributed by atoms with van der Waals surface area (Å²) in [5.41, 5.74) is 5.51. The number of hydrogen-bond donors (Lipinski definition) is 1. The molecule has 1 N–H and O–H groups in total. The quantitative estimate of drug-likeness (QED) is 0.910. The predicted molar refractivity (Wildman–Crippen MR) is 82.1 cm³/mol. The van der Waals surface area contributed by atoms with Crippen LogP contribution in [0.1, 0.15) is 36.5 Å². The molecule has 0 fully saturated rings. The van der Waals surface area contributed by atoms with E-state index < -0.39 is 0 Å². The molecule has 108 valence electrons. The van der Waals surface area contributed by atoms with Crippen LogP contribution in [-0.4, -0.2) is 21.3 Å². The van der Waals surface area contributed by atoms with Crippen molar-refractivity contribution in [2.75, 3.05) is 6.54 Å². The molecule has 4 nitrogen and oxygen atoms in total. The maximum Gasteiger partial charge on any atom is 0.0727 e. The molecule has 20 heavy (non-hydrogen) atoms. The molecule has 0 amide bonds. The van der Waals surface area contributed by atoms with Gasteiger partial charge < -0.3 is 5.32 Å². The van der Waals surface area contributed by atoms with Gasteiger partial charge in [-0.05, 0) is 45.4 Å². The lowest BCUT2D eigenvalue weighted by Gasteiger charge is -2.13. The second-order valence-corrected chi connectivity index (χ2v) is 5.82. The summed E-state index contributed by atoms with van der Waals surface area (Å²) >= 11 is 0. The molecule has 0 saturated carbocycles. The van der Waals surface area contributed by atoms with Gasteiger partial charge in [-0.25, -0.2) is 4.68 Å². The third-order valence-electron chi connectivity index (χ3n) is 3.20. The van der Waals surface area contributed by atoms with Crippen molar-refractivity contribution in [3.05, 3.63) is 41.0 Å². The second-order valence-electron chi connectivity index (χ2n) is 5.82. The molecule has 0 aliphatic rings. The zero-order chi connectivity index (χ0) is 14.7. The molecule has 4 heteroatoms. The molecule has 0 aromatic carbocycles. The van der Waals surface area contributed by atoms with Crippen molar-refractivity contribution in [1.29, 1.82) is 0 Å². The van der Waals surface area contributed by atoms with Crippen molar-refractivity contribution in [3.8, 4) is 5.69 Å². The van der Waals surface area contributed by atoms with Gasteiger partial charge in [0.25, 0.3) is 0 Å². The van der Waals surface area contributed by atoms with E-state index in [1.54, 1.807) is 0 Å². The van der Waals surface area contributed by atoms with Gasteiger partial charge in [-0.2, -0.15) is 5.10 Å². The van der Waals surface area contributed by atoms with E-state index in [-0.39, 0.29) is 0 Å². The van der Waals surface area contributed by atoms with Gasteiger partial charge in [0.2, 0.25) is 0 Å². The van der Waals surface area contributed by atoms with Crippen molar-refractivity contribution in [3.63, 3.8) is 0 Å². The number of aromatic nitrogens is 3. The van der Waals surface area contributed by atoms with E-state index in [1.165, 1.54) is 5.56 Å². The van der Waals surface area contributed by atoms with Crippen molar-refractivity contribution < 1.29 is 0 Å². The van der Waals surface area contributed by atoms with Crippen LogP contribution in [0.3, 0.4) is 0 Å². The highest BCUT2D eigenvalue weighted by atomic mass is 15.3. The van der Waals surface area contributed by atoms with E-state index in [0.717, 1.165) is 35.9 Å². The summed E-state index contributed by atoms with van der Waals surface area (Å²) < 4.78 is 2.01. The zero-order valence-electron chi connectivity index (χ0n) is 13.1. The molecule has 0 spiro atoms.